The molecule has 4 atom stereocenters. The minimum atomic E-state index is -1.66. The molecule has 0 bridgehead atoms. The molecule has 1 N–H and O–H groups in total. The first-order chi connectivity index (χ1) is 8.60. The van der Waals surface area contributed by atoms with Crippen LogP contribution in [0.3, 0.4) is 0 Å². The Labute approximate surface area is 110 Å². The van der Waals surface area contributed by atoms with Crippen LogP contribution >= 0.6 is 0 Å². The van der Waals surface area contributed by atoms with Crippen molar-refractivity contribution in [2.24, 2.45) is 5.92 Å². The zero-order chi connectivity index (χ0) is 13.3. The zero-order valence-electron chi connectivity index (χ0n) is 11.5. The third kappa shape index (κ3) is 2.41. The molecule has 2 aliphatic rings. The SMILES string of the molecule is CC[Si](CC)(CC)O[C@@H]1CC(CO)C(=O)[C@H]2O[C@H]21. The van der Waals surface area contributed by atoms with Crippen molar-refractivity contribution >= 4 is 14.1 Å². The summed E-state index contributed by atoms with van der Waals surface area (Å²) >= 11 is 0. The second-order valence-corrected chi connectivity index (χ2v) is 10.2. The number of ether oxygens (including phenoxy) is 1. The van der Waals surface area contributed by atoms with Crippen LogP contribution < -0.4 is 0 Å². The largest absolute Gasteiger partial charge is 0.411 e. The maximum Gasteiger partial charge on any atom is 0.192 e. The van der Waals surface area contributed by atoms with Crippen LogP contribution in [0.15, 0.2) is 0 Å². The van der Waals surface area contributed by atoms with E-state index in [1.807, 2.05) is 0 Å². The monoisotopic (exact) mass is 272 g/mol. The summed E-state index contributed by atoms with van der Waals surface area (Å²) in [6.07, 6.45) is 0.331. The van der Waals surface area contributed by atoms with Gasteiger partial charge in [-0.1, -0.05) is 20.8 Å². The van der Waals surface area contributed by atoms with Crippen LogP contribution in [0.4, 0.5) is 0 Å². The Morgan fingerprint density at radius 1 is 1.33 bits per heavy atom. The number of ketones is 1. The molecule has 1 saturated carbocycles. The van der Waals surface area contributed by atoms with Crippen LogP contribution in [0.25, 0.3) is 0 Å². The van der Waals surface area contributed by atoms with Crippen LogP contribution in [-0.4, -0.2) is 44.1 Å². The molecule has 1 unspecified atom stereocenters. The number of fused-ring (bicyclic) bond motifs is 1. The maximum atomic E-state index is 11.8. The van der Waals surface area contributed by atoms with Crippen molar-refractivity contribution in [2.75, 3.05) is 6.61 Å². The third-order valence-corrected chi connectivity index (χ3v) is 9.32. The molecule has 1 saturated heterocycles. The van der Waals surface area contributed by atoms with Crippen molar-refractivity contribution in [3.63, 3.8) is 0 Å². The topological polar surface area (TPSA) is 59.1 Å². The molecule has 0 aromatic rings. The van der Waals surface area contributed by atoms with E-state index in [0.717, 1.165) is 18.1 Å². The van der Waals surface area contributed by atoms with Gasteiger partial charge in [0.15, 0.2) is 14.1 Å². The molecule has 0 amide bonds. The van der Waals surface area contributed by atoms with E-state index in [-0.39, 0.29) is 36.6 Å². The fourth-order valence-corrected chi connectivity index (χ4v) is 5.87. The first-order valence-electron chi connectivity index (χ1n) is 7.08. The first-order valence-corrected chi connectivity index (χ1v) is 9.61. The smallest absolute Gasteiger partial charge is 0.192 e. The Balaban J connectivity index is 2.04. The highest BCUT2D eigenvalue weighted by Crippen LogP contribution is 2.41. The summed E-state index contributed by atoms with van der Waals surface area (Å²) in [5.41, 5.74) is 0. The minimum Gasteiger partial charge on any atom is -0.411 e. The fraction of sp³-hybridized carbons (Fsp3) is 0.923. The van der Waals surface area contributed by atoms with Gasteiger partial charge in [-0.05, 0) is 24.6 Å². The number of hydrogen-bond acceptors (Lipinski definition) is 4. The quantitative estimate of drug-likeness (QED) is 0.591. The Morgan fingerprint density at radius 3 is 2.44 bits per heavy atom. The second kappa shape index (κ2) is 5.41. The van der Waals surface area contributed by atoms with Gasteiger partial charge in [0.1, 0.15) is 12.2 Å². The first kappa shape index (κ1) is 14.2. The lowest BCUT2D eigenvalue weighted by Gasteiger charge is -2.35. The number of rotatable bonds is 6. The van der Waals surface area contributed by atoms with Gasteiger partial charge in [0, 0.05) is 5.92 Å². The van der Waals surface area contributed by atoms with Crippen LogP contribution in [0.1, 0.15) is 27.2 Å². The van der Waals surface area contributed by atoms with E-state index in [2.05, 4.69) is 20.8 Å². The summed E-state index contributed by atoms with van der Waals surface area (Å²) in [6.45, 7) is 6.51. The van der Waals surface area contributed by atoms with E-state index in [9.17, 15) is 9.90 Å². The van der Waals surface area contributed by atoms with Crippen molar-refractivity contribution < 1.29 is 19.1 Å². The van der Waals surface area contributed by atoms with Crippen LogP contribution in [0.2, 0.25) is 18.1 Å². The van der Waals surface area contributed by atoms with Crippen molar-refractivity contribution in [3.8, 4) is 0 Å². The van der Waals surface area contributed by atoms with Gasteiger partial charge in [0.25, 0.3) is 0 Å². The summed E-state index contributed by atoms with van der Waals surface area (Å²) in [6, 6.07) is 3.31. The summed E-state index contributed by atoms with van der Waals surface area (Å²) in [7, 11) is -1.66. The Kier molecular flexibility index (Phi) is 4.26. The molecule has 104 valence electrons. The Hall–Kier alpha value is -0.233. The molecule has 0 spiro atoms. The van der Waals surface area contributed by atoms with E-state index >= 15 is 0 Å². The summed E-state index contributed by atoms with van der Waals surface area (Å²) in [4.78, 5) is 11.8. The van der Waals surface area contributed by atoms with Crippen LogP contribution in [-0.2, 0) is 14.0 Å². The highest BCUT2D eigenvalue weighted by molar-refractivity contribution is 6.73. The van der Waals surface area contributed by atoms with Gasteiger partial charge >= 0.3 is 0 Å². The zero-order valence-corrected chi connectivity index (χ0v) is 12.5. The maximum absolute atomic E-state index is 11.8. The second-order valence-electron chi connectivity index (χ2n) is 5.44. The van der Waals surface area contributed by atoms with Crippen molar-refractivity contribution in [1.29, 1.82) is 0 Å². The fourth-order valence-electron chi connectivity index (χ4n) is 3.00. The molecular weight excluding hydrogens is 248 g/mol. The van der Waals surface area contributed by atoms with E-state index in [0.29, 0.717) is 6.42 Å². The van der Waals surface area contributed by atoms with Crippen molar-refractivity contribution in [3.05, 3.63) is 0 Å². The lowest BCUT2D eigenvalue weighted by atomic mass is 9.87. The number of epoxide rings is 1. The Morgan fingerprint density at radius 2 is 1.94 bits per heavy atom. The van der Waals surface area contributed by atoms with Gasteiger partial charge in [-0.2, -0.15) is 0 Å². The average Bonchev–Trinajstić information content (AvgIpc) is 3.20. The van der Waals surface area contributed by atoms with Crippen molar-refractivity contribution in [1.82, 2.24) is 0 Å². The number of hydrogen-bond donors (Lipinski definition) is 1. The van der Waals surface area contributed by atoms with Gasteiger partial charge in [-0.15, -0.1) is 0 Å². The van der Waals surface area contributed by atoms with Crippen LogP contribution in [0, 0.1) is 5.92 Å². The molecule has 0 radical (unpaired) electrons. The van der Waals surface area contributed by atoms with E-state index in [1.54, 1.807) is 0 Å². The third-order valence-electron chi connectivity index (χ3n) is 4.65. The molecule has 2 fully saturated rings. The van der Waals surface area contributed by atoms with Gasteiger partial charge < -0.3 is 14.3 Å². The van der Waals surface area contributed by atoms with Crippen LogP contribution in [0.5, 0.6) is 0 Å². The standard InChI is InChI=1S/C13H24O4Si/c1-4-18(5-2,6-3)17-10-7-9(8-14)11(15)13-12(10)16-13/h9-10,12-14H,4-8H2,1-3H3/t9?,10-,12+,13-/m1/s1. The molecule has 1 heterocycles. The molecule has 18 heavy (non-hydrogen) atoms. The molecular formula is C13H24O4Si. The van der Waals surface area contributed by atoms with E-state index in [4.69, 9.17) is 9.16 Å². The van der Waals surface area contributed by atoms with Gasteiger partial charge in [0.05, 0.1) is 12.7 Å². The Bertz CT molecular complexity index is 308. The summed E-state index contributed by atoms with van der Waals surface area (Å²) in [5, 5.41) is 9.26. The highest BCUT2D eigenvalue weighted by atomic mass is 28.4. The molecule has 0 aromatic carbocycles. The highest BCUT2D eigenvalue weighted by Gasteiger charge is 2.57. The van der Waals surface area contributed by atoms with Gasteiger partial charge in [-0.3, -0.25) is 4.79 Å². The van der Waals surface area contributed by atoms with Crippen molar-refractivity contribution in [2.45, 2.75) is 63.6 Å². The molecule has 2 rings (SSSR count). The molecule has 0 aromatic heterocycles. The number of carbonyl (C=O) groups is 1. The summed E-state index contributed by atoms with van der Waals surface area (Å²) in [5.74, 6) is -0.213. The normalized spacial score (nSPS) is 35.4. The van der Waals surface area contributed by atoms with E-state index < -0.39 is 8.32 Å². The molecule has 1 aliphatic heterocycles. The number of aliphatic hydroxyl groups is 1. The molecule has 4 nitrogen and oxygen atoms in total. The lowest BCUT2D eigenvalue weighted by molar-refractivity contribution is -0.127. The summed E-state index contributed by atoms with van der Waals surface area (Å²) < 4.78 is 11.9. The minimum absolute atomic E-state index is 0.0244. The molecule has 1 aliphatic carbocycles. The average molecular weight is 272 g/mol. The van der Waals surface area contributed by atoms with Gasteiger partial charge in [0.2, 0.25) is 0 Å². The number of aliphatic hydroxyl groups excluding tert-OH is 1. The predicted octanol–water partition coefficient (Wildman–Crippen LogP) is 1.73. The number of Topliss-reactive ketones (excluding diaryl/α,β-unsaturated/α-hetero) is 1. The predicted molar refractivity (Wildman–Crippen MR) is 70.9 cm³/mol. The molecule has 5 heteroatoms. The van der Waals surface area contributed by atoms with Gasteiger partial charge in [-0.25, -0.2) is 0 Å². The lowest BCUT2D eigenvalue weighted by Crippen LogP contribution is -2.46. The van der Waals surface area contributed by atoms with E-state index in [1.165, 1.54) is 0 Å². The number of carbonyl (C=O) groups excluding carboxylic acids is 1.